The molecule has 0 aliphatic carbocycles. The molecule has 2 rings (SSSR count). The number of benzene rings is 1. The number of halogens is 1. The predicted octanol–water partition coefficient (Wildman–Crippen LogP) is 3.40. The summed E-state index contributed by atoms with van der Waals surface area (Å²) >= 11 is 0. The van der Waals surface area contributed by atoms with E-state index in [0.717, 1.165) is 12.1 Å². The Labute approximate surface area is 122 Å². The Bertz CT molecular complexity index is 666. The molecule has 0 amide bonds. The maximum Gasteiger partial charge on any atom is 0.315 e. The number of hydrogen-bond acceptors (Lipinski definition) is 4. The lowest BCUT2D eigenvalue weighted by molar-refractivity contribution is -0.385. The summed E-state index contributed by atoms with van der Waals surface area (Å²) in [7, 11) is -1.16. The molecule has 0 spiro atoms. The zero-order chi connectivity index (χ0) is 15.6. The van der Waals surface area contributed by atoms with Gasteiger partial charge in [0.2, 0.25) is 5.82 Å². The molecule has 114 valence electrons. The van der Waals surface area contributed by atoms with Crippen molar-refractivity contribution in [3.05, 3.63) is 34.3 Å². The highest BCUT2D eigenvalue weighted by molar-refractivity contribution is 6.76. The molecule has 0 atom stereocenters. The van der Waals surface area contributed by atoms with Crippen molar-refractivity contribution in [3.8, 4) is 0 Å². The van der Waals surface area contributed by atoms with E-state index < -0.39 is 24.5 Å². The average Bonchev–Trinajstić information content (AvgIpc) is 2.75. The van der Waals surface area contributed by atoms with E-state index in [1.165, 1.54) is 16.9 Å². The predicted molar refractivity (Wildman–Crippen MR) is 80.5 cm³/mol. The first kappa shape index (κ1) is 15.6. The summed E-state index contributed by atoms with van der Waals surface area (Å²) < 4.78 is 20.6. The minimum atomic E-state index is -1.16. The Kier molecular flexibility index (Phi) is 4.38. The van der Waals surface area contributed by atoms with Crippen LogP contribution in [0.25, 0.3) is 10.9 Å². The quantitative estimate of drug-likeness (QED) is 0.355. The fraction of sp³-hybridized carbons (Fsp3) is 0.462. The molecule has 2 aromatic rings. The van der Waals surface area contributed by atoms with Crippen molar-refractivity contribution in [2.75, 3.05) is 6.61 Å². The van der Waals surface area contributed by atoms with E-state index >= 15 is 0 Å². The number of nitro groups is 1. The largest absolute Gasteiger partial charge is 0.360 e. The van der Waals surface area contributed by atoms with Gasteiger partial charge in [-0.15, -0.1) is 0 Å². The van der Waals surface area contributed by atoms with E-state index in [-0.39, 0.29) is 12.1 Å². The van der Waals surface area contributed by atoms with Gasteiger partial charge in [0.25, 0.3) is 0 Å². The molecule has 6 nitrogen and oxygen atoms in total. The van der Waals surface area contributed by atoms with E-state index in [1.54, 1.807) is 0 Å². The van der Waals surface area contributed by atoms with Gasteiger partial charge < -0.3 is 4.74 Å². The Morgan fingerprint density at radius 1 is 1.43 bits per heavy atom. The normalized spacial score (nSPS) is 12.0. The van der Waals surface area contributed by atoms with Crippen LogP contribution in [-0.4, -0.2) is 29.4 Å². The summed E-state index contributed by atoms with van der Waals surface area (Å²) in [5.41, 5.74) is -0.0445. The first-order chi connectivity index (χ1) is 9.79. The number of nitro benzene ring substituents is 1. The van der Waals surface area contributed by atoms with Crippen LogP contribution in [-0.2, 0) is 11.5 Å². The third-order valence-corrected chi connectivity index (χ3v) is 4.85. The van der Waals surface area contributed by atoms with Crippen LogP contribution in [0.1, 0.15) is 0 Å². The second-order valence-corrected chi connectivity index (χ2v) is 11.7. The summed E-state index contributed by atoms with van der Waals surface area (Å²) in [4.78, 5) is 10.2. The average molecular weight is 311 g/mol. The minimum Gasteiger partial charge on any atom is -0.360 e. The van der Waals surface area contributed by atoms with Gasteiger partial charge in [-0.2, -0.15) is 9.49 Å². The molecular weight excluding hydrogens is 293 g/mol. The third kappa shape index (κ3) is 3.64. The Morgan fingerprint density at radius 2 is 2.14 bits per heavy atom. The summed E-state index contributed by atoms with van der Waals surface area (Å²) in [5.74, 6) is -0.855. The van der Waals surface area contributed by atoms with Crippen molar-refractivity contribution in [1.82, 2.24) is 9.78 Å². The summed E-state index contributed by atoms with van der Waals surface area (Å²) in [6.07, 6.45) is 1.30. The first-order valence-electron chi connectivity index (χ1n) is 6.66. The fourth-order valence-corrected chi connectivity index (χ4v) is 2.69. The van der Waals surface area contributed by atoms with E-state index in [0.29, 0.717) is 12.1 Å². The maximum atomic E-state index is 13.5. The molecule has 0 radical (unpaired) electrons. The second kappa shape index (κ2) is 5.90. The second-order valence-electron chi connectivity index (χ2n) is 6.08. The lowest BCUT2D eigenvalue weighted by atomic mass is 10.2. The van der Waals surface area contributed by atoms with E-state index in [9.17, 15) is 14.5 Å². The molecule has 0 N–H and O–H groups in total. The standard InChI is InChI=1S/C13H18FN3O3Si/c1-21(2,3)7-6-20-9-16-12-5-4-11(14)13(17(18)19)10(12)8-15-16/h4-5,8H,6-7,9H2,1-3H3. The topological polar surface area (TPSA) is 70.2 Å². The smallest absolute Gasteiger partial charge is 0.315 e. The Balaban J connectivity index is 2.16. The van der Waals surface area contributed by atoms with Gasteiger partial charge >= 0.3 is 5.69 Å². The molecule has 0 aliphatic heterocycles. The summed E-state index contributed by atoms with van der Waals surface area (Å²) in [5, 5.41) is 15.2. The molecule has 0 saturated carbocycles. The highest BCUT2D eigenvalue weighted by atomic mass is 28.3. The van der Waals surface area contributed by atoms with Crippen LogP contribution in [0.5, 0.6) is 0 Å². The fourth-order valence-electron chi connectivity index (χ4n) is 1.93. The van der Waals surface area contributed by atoms with Crippen LogP contribution in [0.4, 0.5) is 10.1 Å². The monoisotopic (exact) mass is 311 g/mol. The van der Waals surface area contributed by atoms with Gasteiger partial charge in [0, 0.05) is 14.7 Å². The minimum absolute atomic E-state index is 0.189. The number of aromatic nitrogens is 2. The lowest BCUT2D eigenvalue weighted by Gasteiger charge is -2.15. The Morgan fingerprint density at radius 3 is 2.76 bits per heavy atom. The SMILES string of the molecule is C[Si](C)(C)CCOCn1ncc2c([N+](=O)[O-])c(F)ccc21. The van der Waals surface area contributed by atoms with Crippen molar-refractivity contribution in [1.29, 1.82) is 0 Å². The van der Waals surface area contributed by atoms with Crippen LogP contribution < -0.4 is 0 Å². The number of nitrogens with zero attached hydrogens (tertiary/aromatic N) is 3. The summed E-state index contributed by atoms with van der Waals surface area (Å²) in [6.45, 7) is 7.60. The van der Waals surface area contributed by atoms with Crippen molar-refractivity contribution in [2.45, 2.75) is 32.4 Å². The molecule has 0 fully saturated rings. The third-order valence-electron chi connectivity index (χ3n) is 3.14. The van der Waals surface area contributed by atoms with Gasteiger partial charge in [-0.3, -0.25) is 10.1 Å². The van der Waals surface area contributed by atoms with E-state index in [2.05, 4.69) is 24.7 Å². The number of rotatable bonds is 6. The zero-order valence-electron chi connectivity index (χ0n) is 12.3. The first-order valence-corrected chi connectivity index (χ1v) is 10.4. The molecular formula is C13H18FN3O3Si. The van der Waals surface area contributed by atoms with Crippen LogP contribution in [0, 0.1) is 15.9 Å². The van der Waals surface area contributed by atoms with Crippen LogP contribution in [0.2, 0.25) is 25.7 Å². The zero-order valence-corrected chi connectivity index (χ0v) is 13.3. The van der Waals surface area contributed by atoms with Gasteiger partial charge in [-0.25, -0.2) is 4.68 Å². The molecule has 8 heteroatoms. The summed E-state index contributed by atoms with van der Waals surface area (Å²) in [6, 6.07) is 3.59. The van der Waals surface area contributed by atoms with Crippen molar-refractivity contribution in [3.63, 3.8) is 0 Å². The van der Waals surface area contributed by atoms with Gasteiger partial charge in [0.1, 0.15) is 12.1 Å². The Hall–Kier alpha value is -1.80. The van der Waals surface area contributed by atoms with E-state index in [1.807, 2.05) is 0 Å². The lowest BCUT2D eigenvalue weighted by Crippen LogP contribution is -2.22. The molecule has 21 heavy (non-hydrogen) atoms. The van der Waals surface area contributed by atoms with Gasteiger partial charge in [0.15, 0.2) is 0 Å². The van der Waals surface area contributed by atoms with Crippen LogP contribution in [0.3, 0.4) is 0 Å². The molecule has 0 bridgehead atoms. The van der Waals surface area contributed by atoms with E-state index in [4.69, 9.17) is 4.74 Å². The molecule has 1 aromatic heterocycles. The molecule has 0 saturated heterocycles. The molecule has 1 heterocycles. The van der Waals surface area contributed by atoms with Crippen LogP contribution >= 0.6 is 0 Å². The maximum absolute atomic E-state index is 13.5. The van der Waals surface area contributed by atoms with Crippen molar-refractivity contribution >= 4 is 24.7 Å². The molecule has 0 unspecified atom stereocenters. The number of fused-ring (bicyclic) bond motifs is 1. The highest BCUT2D eigenvalue weighted by Crippen LogP contribution is 2.28. The van der Waals surface area contributed by atoms with Gasteiger partial charge in [0.05, 0.1) is 16.6 Å². The number of hydrogen-bond donors (Lipinski definition) is 0. The van der Waals surface area contributed by atoms with Crippen molar-refractivity contribution in [2.24, 2.45) is 0 Å². The highest BCUT2D eigenvalue weighted by Gasteiger charge is 2.21. The van der Waals surface area contributed by atoms with Crippen LogP contribution in [0.15, 0.2) is 18.3 Å². The van der Waals surface area contributed by atoms with Gasteiger partial charge in [-0.05, 0) is 18.2 Å². The molecule has 1 aromatic carbocycles. The van der Waals surface area contributed by atoms with Gasteiger partial charge in [-0.1, -0.05) is 19.6 Å². The van der Waals surface area contributed by atoms with Crippen molar-refractivity contribution < 1.29 is 14.1 Å². The number of ether oxygens (including phenoxy) is 1. The molecule has 0 aliphatic rings.